The topological polar surface area (TPSA) is 37.3 Å². The molecule has 1 aliphatic rings. The van der Waals surface area contributed by atoms with Gasteiger partial charge in [-0.3, -0.25) is 4.79 Å². The molecule has 2 heteroatoms. The Morgan fingerprint density at radius 2 is 1.52 bits per heavy atom. The van der Waals surface area contributed by atoms with Crippen LogP contribution < -0.4 is 0 Å². The minimum absolute atomic E-state index is 0.0830. The number of carboxylic acids is 1. The maximum atomic E-state index is 11.5. The number of carbonyl (C=O) groups is 1. The third-order valence-electron chi connectivity index (χ3n) is 5.22. The van der Waals surface area contributed by atoms with E-state index in [9.17, 15) is 9.90 Å². The normalized spacial score (nSPS) is 14.6. The fourth-order valence-corrected chi connectivity index (χ4v) is 4.87. The number of hydrogen-bond donors (Lipinski definition) is 1. The van der Waals surface area contributed by atoms with E-state index in [1.54, 1.807) is 0 Å². The smallest absolute Gasteiger partial charge is 0.307 e. The van der Waals surface area contributed by atoms with Gasteiger partial charge in [0.25, 0.3) is 0 Å². The molecule has 0 atom stereocenters. The largest absolute Gasteiger partial charge is 0.481 e. The molecule has 0 heterocycles. The van der Waals surface area contributed by atoms with Crippen molar-refractivity contribution in [2.24, 2.45) is 11.8 Å². The minimum atomic E-state index is -0.757. The van der Waals surface area contributed by atoms with E-state index in [1.165, 1.54) is 22.3 Å². The van der Waals surface area contributed by atoms with Gasteiger partial charge in [0.1, 0.15) is 0 Å². The standard InChI is InChI=1S/C23H28O2/c1-15(2)13-23(14-16(3)4)20-11-6-5-9-18(20)19-10-7-8-17(22(19)23)12-21(24)25/h5-11,15-16H,12-14H2,1-4H3,(H,24,25). The van der Waals surface area contributed by atoms with Crippen molar-refractivity contribution in [2.75, 3.05) is 0 Å². The molecule has 2 aromatic carbocycles. The number of aliphatic carboxylic acids is 1. The molecule has 0 aromatic heterocycles. The minimum Gasteiger partial charge on any atom is -0.481 e. The summed E-state index contributed by atoms with van der Waals surface area (Å²) in [4.78, 5) is 11.5. The highest BCUT2D eigenvalue weighted by Gasteiger charge is 2.45. The van der Waals surface area contributed by atoms with Crippen molar-refractivity contribution in [1.29, 1.82) is 0 Å². The first-order valence-electron chi connectivity index (χ1n) is 9.29. The molecule has 25 heavy (non-hydrogen) atoms. The second kappa shape index (κ2) is 6.67. The zero-order valence-electron chi connectivity index (χ0n) is 15.7. The Morgan fingerprint density at radius 1 is 0.920 bits per heavy atom. The third-order valence-corrected chi connectivity index (χ3v) is 5.22. The van der Waals surface area contributed by atoms with Crippen LogP contribution in [-0.4, -0.2) is 11.1 Å². The molecule has 0 saturated heterocycles. The van der Waals surface area contributed by atoms with E-state index in [2.05, 4.69) is 58.0 Å². The zero-order valence-corrected chi connectivity index (χ0v) is 15.7. The summed E-state index contributed by atoms with van der Waals surface area (Å²) in [5.41, 5.74) is 6.05. The van der Waals surface area contributed by atoms with Gasteiger partial charge in [-0.05, 0) is 52.5 Å². The van der Waals surface area contributed by atoms with Crippen molar-refractivity contribution in [3.05, 3.63) is 59.2 Å². The first-order valence-corrected chi connectivity index (χ1v) is 9.29. The van der Waals surface area contributed by atoms with Crippen LogP contribution in [0.2, 0.25) is 0 Å². The van der Waals surface area contributed by atoms with Gasteiger partial charge in [-0.25, -0.2) is 0 Å². The lowest BCUT2D eigenvalue weighted by molar-refractivity contribution is -0.136. The molecule has 0 saturated carbocycles. The van der Waals surface area contributed by atoms with Gasteiger partial charge in [-0.15, -0.1) is 0 Å². The molecular weight excluding hydrogens is 308 g/mol. The highest BCUT2D eigenvalue weighted by atomic mass is 16.4. The van der Waals surface area contributed by atoms with Crippen molar-refractivity contribution in [1.82, 2.24) is 0 Å². The Morgan fingerprint density at radius 3 is 2.12 bits per heavy atom. The molecule has 0 unspecified atom stereocenters. The van der Waals surface area contributed by atoms with Crippen LogP contribution in [-0.2, 0) is 16.6 Å². The van der Waals surface area contributed by atoms with E-state index in [4.69, 9.17) is 0 Å². The summed E-state index contributed by atoms with van der Waals surface area (Å²) in [5, 5.41) is 9.45. The molecule has 3 rings (SSSR count). The number of fused-ring (bicyclic) bond motifs is 3. The fourth-order valence-electron chi connectivity index (χ4n) is 4.87. The molecule has 0 radical (unpaired) electrons. The molecule has 1 N–H and O–H groups in total. The van der Waals surface area contributed by atoms with Crippen LogP contribution in [0.15, 0.2) is 42.5 Å². The van der Waals surface area contributed by atoms with Crippen molar-refractivity contribution >= 4 is 5.97 Å². The van der Waals surface area contributed by atoms with Crippen LogP contribution in [0.25, 0.3) is 11.1 Å². The van der Waals surface area contributed by atoms with Crippen LogP contribution in [0.3, 0.4) is 0 Å². The molecule has 0 spiro atoms. The molecule has 0 amide bonds. The Bertz CT molecular complexity index is 776. The lowest BCUT2D eigenvalue weighted by Gasteiger charge is -2.37. The quantitative estimate of drug-likeness (QED) is 0.737. The second-order valence-corrected chi connectivity index (χ2v) is 8.23. The number of rotatable bonds is 6. The van der Waals surface area contributed by atoms with Crippen molar-refractivity contribution in [3.63, 3.8) is 0 Å². The summed E-state index contributed by atoms with van der Waals surface area (Å²) < 4.78 is 0. The van der Waals surface area contributed by atoms with Gasteiger partial charge in [0.15, 0.2) is 0 Å². The SMILES string of the molecule is CC(C)CC1(CC(C)C)c2ccccc2-c2cccc(CC(=O)O)c21. The van der Waals surface area contributed by atoms with Gasteiger partial charge in [-0.2, -0.15) is 0 Å². The summed E-state index contributed by atoms with van der Waals surface area (Å²) in [7, 11) is 0. The van der Waals surface area contributed by atoms with Crippen LogP contribution in [0.4, 0.5) is 0 Å². The van der Waals surface area contributed by atoms with Gasteiger partial charge in [0.2, 0.25) is 0 Å². The molecular formula is C23H28O2. The fraction of sp³-hybridized carbons (Fsp3) is 0.435. The van der Waals surface area contributed by atoms with E-state index in [0.29, 0.717) is 11.8 Å². The van der Waals surface area contributed by atoms with Gasteiger partial charge in [0, 0.05) is 5.41 Å². The van der Waals surface area contributed by atoms with Crippen LogP contribution in [0.1, 0.15) is 57.2 Å². The van der Waals surface area contributed by atoms with Gasteiger partial charge in [-0.1, -0.05) is 70.2 Å². The van der Waals surface area contributed by atoms with E-state index in [1.807, 2.05) is 12.1 Å². The lowest BCUT2D eigenvalue weighted by Crippen LogP contribution is -2.30. The average molecular weight is 336 g/mol. The van der Waals surface area contributed by atoms with Crippen LogP contribution in [0.5, 0.6) is 0 Å². The monoisotopic (exact) mass is 336 g/mol. The van der Waals surface area contributed by atoms with Gasteiger partial charge >= 0.3 is 5.97 Å². The van der Waals surface area contributed by atoms with Crippen molar-refractivity contribution in [3.8, 4) is 11.1 Å². The Balaban J connectivity index is 2.32. The summed E-state index contributed by atoms with van der Waals surface area (Å²) in [5.74, 6) is 0.318. The second-order valence-electron chi connectivity index (χ2n) is 8.23. The molecule has 2 nitrogen and oxygen atoms in total. The van der Waals surface area contributed by atoms with Gasteiger partial charge in [0.05, 0.1) is 6.42 Å². The van der Waals surface area contributed by atoms with Gasteiger partial charge < -0.3 is 5.11 Å². The number of hydrogen-bond acceptors (Lipinski definition) is 1. The predicted octanol–water partition coefficient (Wildman–Crippen LogP) is 5.67. The first kappa shape index (κ1) is 17.7. The Hall–Kier alpha value is -2.09. The Labute approximate surface area is 150 Å². The third kappa shape index (κ3) is 3.10. The van der Waals surface area contributed by atoms with Crippen molar-refractivity contribution < 1.29 is 9.90 Å². The maximum absolute atomic E-state index is 11.5. The highest BCUT2D eigenvalue weighted by molar-refractivity contribution is 5.84. The molecule has 1 aliphatic carbocycles. The van der Waals surface area contributed by atoms with E-state index in [-0.39, 0.29) is 11.8 Å². The lowest BCUT2D eigenvalue weighted by atomic mass is 9.66. The molecule has 132 valence electrons. The summed E-state index contributed by atoms with van der Waals surface area (Å²) in [6.45, 7) is 9.07. The van der Waals surface area contributed by atoms with Crippen LogP contribution in [0, 0.1) is 11.8 Å². The predicted molar refractivity (Wildman–Crippen MR) is 103 cm³/mol. The van der Waals surface area contributed by atoms with E-state index < -0.39 is 5.97 Å². The van der Waals surface area contributed by atoms with Crippen molar-refractivity contribution in [2.45, 2.75) is 52.4 Å². The molecule has 0 fully saturated rings. The summed E-state index contributed by atoms with van der Waals surface area (Å²) in [6, 6.07) is 14.8. The van der Waals surface area contributed by atoms with Crippen LogP contribution >= 0.6 is 0 Å². The molecule has 0 aliphatic heterocycles. The van der Waals surface area contributed by atoms with E-state index >= 15 is 0 Å². The summed E-state index contributed by atoms with van der Waals surface area (Å²) >= 11 is 0. The Kier molecular flexibility index (Phi) is 4.73. The first-order chi connectivity index (χ1) is 11.8. The molecule has 0 bridgehead atoms. The van der Waals surface area contributed by atoms with E-state index in [0.717, 1.165) is 18.4 Å². The number of carboxylic acid groups (broad SMARTS) is 1. The average Bonchev–Trinajstić information content (AvgIpc) is 2.77. The highest BCUT2D eigenvalue weighted by Crippen LogP contribution is 2.55. The summed E-state index contributed by atoms with van der Waals surface area (Å²) in [6.07, 6.45) is 2.19. The number of benzene rings is 2. The zero-order chi connectivity index (χ0) is 18.2. The maximum Gasteiger partial charge on any atom is 0.307 e. The molecule has 2 aromatic rings.